The lowest BCUT2D eigenvalue weighted by atomic mass is 10.2. The molecular formula is C12H12ClNO4. The van der Waals surface area contributed by atoms with E-state index in [0.29, 0.717) is 11.6 Å². The summed E-state index contributed by atoms with van der Waals surface area (Å²) < 4.78 is 4.93. The highest BCUT2D eigenvalue weighted by Crippen LogP contribution is 2.15. The first-order valence-corrected chi connectivity index (χ1v) is 5.80. The molecule has 1 saturated heterocycles. The van der Waals surface area contributed by atoms with E-state index in [1.54, 1.807) is 18.2 Å². The zero-order valence-electron chi connectivity index (χ0n) is 9.51. The molecule has 2 rings (SSSR count). The standard InChI is InChI=1S/C12H12ClNO4/c13-9-3-1-2-8(4-9)5-14-6-10(12(16)17)18-7-11(14)15/h1-4,10H,5-7H2,(H,16,17). The minimum atomic E-state index is -1.06. The summed E-state index contributed by atoms with van der Waals surface area (Å²) in [6.07, 6.45) is -0.957. The van der Waals surface area contributed by atoms with Gasteiger partial charge >= 0.3 is 5.97 Å². The summed E-state index contributed by atoms with van der Waals surface area (Å²) in [7, 11) is 0. The van der Waals surface area contributed by atoms with Gasteiger partial charge in [-0.1, -0.05) is 23.7 Å². The number of carboxylic acids is 1. The molecule has 1 aliphatic rings. The van der Waals surface area contributed by atoms with Crippen molar-refractivity contribution < 1.29 is 19.4 Å². The number of hydrogen-bond donors (Lipinski definition) is 1. The second-order valence-electron chi connectivity index (χ2n) is 4.04. The second-order valence-corrected chi connectivity index (χ2v) is 4.48. The average molecular weight is 270 g/mol. The van der Waals surface area contributed by atoms with Crippen molar-refractivity contribution in [2.24, 2.45) is 0 Å². The number of hydrogen-bond acceptors (Lipinski definition) is 3. The van der Waals surface area contributed by atoms with Crippen LogP contribution < -0.4 is 0 Å². The Kier molecular flexibility index (Phi) is 3.84. The van der Waals surface area contributed by atoms with Crippen LogP contribution in [-0.2, 0) is 20.9 Å². The van der Waals surface area contributed by atoms with Crippen LogP contribution in [0.15, 0.2) is 24.3 Å². The van der Waals surface area contributed by atoms with Crippen LogP contribution in [0.1, 0.15) is 5.56 Å². The summed E-state index contributed by atoms with van der Waals surface area (Å²) in [6.45, 7) is 0.199. The number of amides is 1. The summed E-state index contributed by atoms with van der Waals surface area (Å²) in [4.78, 5) is 23.9. The van der Waals surface area contributed by atoms with Crippen LogP contribution in [0.3, 0.4) is 0 Å². The Morgan fingerprint density at radius 3 is 3.00 bits per heavy atom. The predicted molar refractivity (Wildman–Crippen MR) is 64.2 cm³/mol. The number of rotatable bonds is 3. The van der Waals surface area contributed by atoms with Gasteiger partial charge in [0, 0.05) is 11.6 Å². The molecule has 0 saturated carbocycles. The van der Waals surface area contributed by atoms with Crippen molar-refractivity contribution in [2.75, 3.05) is 13.2 Å². The maximum atomic E-state index is 11.6. The Morgan fingerprint density at radius 1 is 1.56 bits per heavy atom. The number of morpholine rings is 1. The zero-order valence-corrected chi connectivity index (χ0v) is 10.3. The van der Waals surface area contributed by atoms with Crippen LogP contribution >= 0.6 is 11.6 Å². The minimum absolute atomic E-state index is 0.0562. The molecular weight excluding hydrogens is 258 g/mol. The lowest BCUT2D eigenvalue weighted by Gasteiger charge is -2.30. The molecule has 0 bridgehead atoms. The number of carbonyl (C=O) groups is 2. The quantitative estimate of drug-likeness (QED) is 0.894. The van der Waals surface area contributed by atoms with E-state index in [0.717, 1.165) is 5.56 Å². The summed E-state index contributed by atoms with van der Waals surface area (Å²) in [5.74, 6) is -1.27. The first-order chi connectivity index (χ1) is 8.56. The van der Waals surface area contributed by atoms with Gasteiger partial charge < -0.3 is 14.7 Å². The molecule has 1 fully saturated rings. The van der Waals surface area contributed by atoms with Gasteiger partial charge in [0.1, 0.15) is 6.61 Å². The smallest absolute Gasteiger partial charge is 0.334 e. The number of halogens is 1. The third kappa shape index (κ3) is 3.00. The molecule has 5 nitrogen and oxygen atoms in total. The molecule has 1 aromatic carbocycles. The molecule has 1 amide bonds. The van der Waals surface area contributed by atoms with E-state index in [4.69, 9.17) is 21.4 Å². The molecule has 0 aliphatic carbocycles. The fourth-order valence-electron chi connectivity index (χ4n) is 1.78. The summed E-state index contributed by atoms with van der Waals surface area (Å²) in [5.41, 5.74) is 0.863. The highest BCUT2D eigenvalue weighted by Gasteiger charge is 2.30. The summed E-state index contributed by atoms with van der Waals surface area (Å²) in [6, 6.07) is 7.12. The number of ether oxygens (including phenoxy) is 1. The zero-order chi connectivity index (χ0) is 13.1. The molecule has 1 heterocycles. The first-order valence-electron chi connectivity index (χ1n) is 5.43. The van der Waals surface area contributed by atoms with Gasteiger partial charge in [0.25, 0.3) is 0 Å². The lowest BCUT2D eigenvalue weighted by molar-refractivity contribution is -0.165. The van der Waals surface area contributed by atoms with Crippen molar-refractivity contribution in [1.29, 1.82) is 0 Å². The Morgan fingerprint density at radius 2 is 2.33 bits per heavy atom. The van der Waals surface area contributed by atoms with Crippen LogP contribution in [0.4, 0.5) is 0 Å². The van der Waals surface area contributed by atoms with Gasteiger partial charge in [-0.2, -0.15) is 0 Å². The van der Waals surface area contributed by atoms with Gasteiger partial charge in [-0.05, 0) is 17.7 Å². The minimum Gasteiger partial charge on any atom is -0.479 e. The molecule has 1 aromatic rings. The van der Waals surface area contributed by atoms with Gasteiger partial charge in [-0.3, -0.25) is 4.79 Å². The number of carbonyl (C=O) groups excluding carboxylic acids is 1. The molecule has 18 heavy (non-hydrogen) atoms. The Labute approximate surface area is 109 Å². The summed E-state index contributed by atoms with van der Waals surface area (Å²) >= 11 is 5.86. The highest BCUT2D eigenvalue weighted by atomic mass is 35.5. The summed E-state index contributed by atoms with van der Waals surface area (Å²) in [5, 5.41) is 9.45. The van der Waals surface area contributed by atoms with Crippen LogP contribution in [0, 0.1) is 0 Å². The van der Waals surface area contributed by atoms with Crippen LogP contribution in [0.5, 0.6) is 0 Å². The molecule has 1 atom stereocenters. The fraction of sp³-hybridized carbons (Fsp3) is 0.333. The van der Waals surface area contributed by atoms with E-state index in [2.05, 4.69) is 0 Å². The van der Waals surface area contributed by atoms with E-state index >= 15 is 0 Å². The molecule has 6 heteroatoms. The molecule has 1 aliphatic heterocycles. The molecule has 1 N–H and O–H groups in total. The second kappa shape index (κ2) is 5.37. The number of carboxylic acid groups (broad SMARTS) is 1. The molecule has 0 aromatic heterocycles. The topological polar surface area (TPSA) is 66.8 Å². The Balaban J connectivity index is 2.07. The highest BCUT2D eigenvalue weighted by molar-refractivity contribution is 6.30. The molecule has 0 spiro atoms. The van der Waals surface area contributed by atoms with Crippen molar-refractivity contribution in [3.8, 4) is 0 Å². The number of aliphatic carboxylic acids is 1. The first kappa shape index (κ1) is 12.9. The predicted octanol–water partition coefficient (Wildman–Crippen LogP) is 1.15. The van der Waals surface area contributed by atoms with Crippen LogP contribution in [-0.4, -0.2) is 41.1 Å². The van der Waals surface area contributed by atoms with Gasteiger partial charge in [-0.25, -0.2) is 4.79 Å². The number of benzene rings is 1. The third-order valence-electron chi connectivity index (χ3n) is 2.68. The van der Waals surface area contributed by atoms with Crippen LogP contribution in [0.25, 0.3) is 0 Å². The normalized spacial score (nSPS) is 19.9. The molecule has 96 valence electrons. The van der Waals surface area contributed by atoms with Crippen molar-refractivity contribution in [3.63, 3.8) is 0 Å². The Hall–Kier alpha value is -1.59. The van der Waals surface area contributed by atoms with Gasteiger partial charge in [0.05, 0.1) is 6.54 Å². The van der Waals surface area contributed by atoms with E-state index in [1.165, 1.54) is 4.90 Å². The fourth-order valence-corrected chi connectivity index (χ4v) is 1.99. The largest absolute Gasteiger partial charge is 0.479 e. The van der Waals surface area contributed by atoms with E-state index in [1.807, 2.05) is 6.07 Å². The maximum absolute atomic E-state index is 11.6. The van der Waals surface area contributed by atoms with E-state index in [9.17, 15) is 9.59 Å². The van der Waals surface area contributed by atoms with Crippen molar-refractivity contribution in [1.82, 2.24) is 4.90 Å². The number of nitrogens with zero attached hydrogens (tertiary/aromatic N) is 1. The average Bonchev–Trinajstić information content (AvgIpc) is 2.31. The van der Waals surface area contributed by atoms with Crippen molar-refractivity contribution in [2.45, 2.75) is 12.6 Å². The van der Waals surface area contributed by atoms with E-state index in [-0.39, 0.29) is 19.1 Å². The SMILES string of the molecule is O=C(O)C1CN(Cc2cccc(Cl)c2)C(=O)CO1. The Bertz CT molecular complexity index is 477. The maximum Gasteiger partial charge on any atom is 0.334 e. The molecule has 1 unspecified atom stereocenters. The van der Waals surface area contributed by atoms with Crippen molar-refractivity contribution in [3.05, 3.63) is 34.9 Å². The lowest BCUT2D eigenvalue weighted by Crippen LogP contribution is -2.49. The van der Waals surface area contributed by atoms with Gasteiger partial charge in [-0.15, -0.1) is 0 Å². The third-order valence-corrected chi connectivity index (χ3v) is 2.92. The van der Waals surface area contributed by atoms with Crippen LogP contribution in [0.2, 0.25) is 5.02 Å². The molecule has 0 radical (unpaired) electrons. The van der Waals surface area contributed by atoms with Gasteiger partial charge in [0.2, 0.25) is 5.91 Å². The van der Waals surface area contributed by atoms with Gasteiger partial charge in [0.15, 0.2) is 6.10 Å². The van der Waals surface area contributed by atoms with Crippen molar-refractivity contribution >= 4 is 23.5 Å². The van der Waals surface area contributed by atoms with E-state index < -0.39 is 12.1 Å². The monoisotopic (exact) mass is 269 g/mol.